The Morgan fingerprint density at radius 1 is 1.23 bits per heavy atom. The summed E-state index contributed by atoms with van der Waals surface area (Å²) in [5.74, 6) is 0.700. The second-order valence-corrected chi connectivity index (χ2v) is 9.02. The highest BCUT2D eigenvalue weighted by Gasteiger charge is 2.42. The van der Waals surface area contributed by atoms with Gasteiger partial charge in [-0.2, -0.15) is 11.8 Å². The number of amides is 2. The molecule has 6 atom stereocenters. The van der Waals surface area contributed by atoms with Crippen LogP contribution >= 0.6 is 11.8 Å². The molecular weight excluding hydrogens is 412 g/mol. The highest BCUT2D eigenvalue weighted by Crippen LogP contribution is 2.33. The van der Waals surface area contributed by atoms with Gasteiger partial charge in [0.1, 0.15) is 12.8 Å². The topological polar surface area (TPSA) is 184 Å². The molecule has 0 aromatic carbocycles. The van der Waals surface area contributed by atoms with Crippen molar-refractivity contribution in [2.75, 3.05) is 25.4 Å². The molecule has 12 heteroatoms. The van der Waals surface area contributed by atoms with Crippen molar-refractivity contribution in [2.24, 2.45) is 11.5 Å². The van der Waals surface area contributed by atoms with E-state index in [1.807, 2.05) is 11.8 Å². The second kappa shape index (κ2) is 13.3. The number of rotatable bonds is 14. The summed E-state index contributed by atoms with van der Waals surface area (Å²) in [5.41, 5.74) is 10.4. The average molecular weight is 449 g/mol. The van der Waals surface area contributed by atoms with E-state index in [1.165, 1.54) is 0 Å². The van der Waals surface area contributed by atoms with Gasteiger partial charge in [-0.3, -0.25) is 20.7 Å². The minimum absolute atomic E-state index is 0.00788. The molecule has 30 heavy (non-hydrogen) atoms. The van der Waals surface area contributed by atoms with Crippen LogP contribution in [0.4, 0.5) is 4.79 Å². The summed E-state index contributed by atoms with van der Waals surface area (Å²) in [6.45, 7) is 0.423. The first-order valence-electron chi connectivity index (χ1n) is 10.5. The number of hydrogen-bond acceptors (Lipinski definition) is 10. The Labute approximate surface area is 181 Å². The Morgan fingerprint density at radius 2 is 2.03 bits per heavy atom. The normalized spacial score (nSPS) is 27.4. The third-order valence-electron chi connectivity index (χ3n) is 5.31. The van der Waals surface area contributed by atoms with Crippen LogP contribution in [0.1, 0.15) is 38.5 Å². The van der Waals surface area contributed by atoms with Crippen molar-refractivity contribution in [1.29, 1.82) is 0 Å². The number of nitrogens with two attached hydrogens (primary N) is 2. The molecule has 0 bridgehead atoms. The Kier molecular flexibility index (Phi) is 11.1. The smallest absolute Gasteiger partial charge is 0.404 e. The number of ether oxygens (including phenoxy) is 1. The van der Waals surface area contributed by atoms with Crippen molar-refractivity contribution >= 4 is 23.8 Å². The molecule has 2 fully saturated rings. The van der Waals surface area contributed by atoms with E-state index in [0.717, 1.165) is 25.0 Å². The largest absolute Gasteiger partial charge is 0.448 e. The second-order valence-electron chi connectivity index (χ2n) is 7.75. The van der Waals surface area contributed by atoms with Gasteiger partial charge in [-0.15, -0.1) is 0 Å². The Balaban J connectivity index is 1.56. The minimum Gasteiger partial charge on any atom is -0.448 e. The summed E-state index contributed by atoms with van der Waals surface area (Å²) in [4.78, 5) is 22.8. The van der Waals surface area contributed by atoms with E-state index in [9.17, 15) is 19.8 Å². The Hall–Kier alpha value is -1.15. The Bertz CT molecular complexity index is 545. The lowest BCUT2D eigenvalue weighted by Gasteiger charge is -2.19. The summed E-state index contributed by atoms with van der Waals surface area (Å²) >= 11 is 1.91. The van der Waals surface area contributed by atoms with E-state index in [2.05, 4.69) is 21.3 Å². The van der Waals surface area contributed by atoms with Crippen molar-refractivity contribution in [1.82, 2.24) is 21.3 Å². The number of unbranched alkanes of at least 4 members (excludes halogenated alkanes) is 1. The molecule has 11 nitrogen and oxygen atoms in total. The quantitative estimate of drug-likeness (QED) is 0.110. The lowest BCUT2D eigenvalue weighted by Crippen LogP contribution is -2.45. The molecule has 2 saturated heterocycles. The van der Waals surface area contributed by atoms with Crippen molar-refractivity contribution < 1.29 is 24.5 Å². The predicted octanol–water partition coefficient (Wildman–Crippen LogP) is -1.90. The lowest BCUT2D eigenvalue weighted by molar-refractivity contribution is -0.122. The van der Waals surface area contributed by atoms with Crippen molar-refractivity contribution in [2.45, 2.75) is 74.5 Å². The third-order valence-corrected chi connectivity index (χ3v) is 6.82. The van der Waals surface area contributed by atoms with Gasteiger partial charge in [-0.25, -0.2) is 4.79 Å². The van der Waals surface area contributed by atoms with Crippen LogP contribution in [0.15, 0.2) is 0 Å². The van der Waals surface area contributed by atoms with E-state index in [4.69, 9.17) is 16.2 Å². The molecule has 2 aliphatic heterocycles. The summed E-state index contributed by atoms with van der Waals surface area (Å²) in [6.07, 6.45) is 2.35. The molecule has 0 aromatic heterocycles. The molecular formula is C18H36N6O5S. The molecule has 2 amide bonds. The zero-order chi connectivity index (χ0) is 21.9. The van der Waals surface area contributed by atoms with Gasteiger partial charge in [0.25, 0.3) is 0 Å². The fourth-order valence-corrected chi connectivity index (χ4v) is 5.35. The van der Waals surface area contributed by atoms with Crippen molar-refractivity contribution in [3.63, 3.8) is 0 Å². The van der Waals surface area contributed by atoms with Gasteiger partial charge >= 0.3 is 6.09 Å². The maximum Gasteiger partial charge on any atom is 0.404 e. The van der Waals surface area contributed by atoms with Gasteiger partial charge in [-0.05, 0) is 38.6 Å². The van der Waals surface area contributed by atoms with E-state index >= 15 is 0 Å². The number of primary amides is 1. The molecule has 2 aliphatic rings. The first-order valence-corrected chi connectivity index (χ1v) is 11.6. The first kappa shape index (κ1) is 25.1. The standard InChI is InChI=1S/C18H36N6O5S/c19-7-3-4-11(9-29-17(20)27)22-15(26)8-21-14(25)6-2-1-5-13-16-12(10-30-13)23-18(28)24-16/h11-14,16,18,21,23-25,28H,1-10,19H2,(H2,20,27)(H,22,26)/t11-,12-,13-,14+,16-,18-/m0/s1. The van der Waals surface area contributed by atoms with Crippen LogP contribution in [0, 0.1) is 0 Å². The van der Waals surface area contributed by atoms with Crippen molar-refractivity contribution in [3.8, 4) is 0 Å². The van der Waals surface area contributed by atoms with Crippen molar-refractivity contribution in [3.05, 3.63) is 0 Å². The first-order chi connectivity index (χ1) is 14.4. The number of hydrogen-bond donors (Lipinski definition) is 8. The van der Waals surface area contributed by atoms with Gasteiger partial charge in [-0.1, -0.05) is 6.42 Å². The van der Waals surface area contributed by atoms with E-state index in [0.29, 0.717) is 43.1 Å². The molecule has 0 radical (unpaired) electrons. The Morgan fingerprint density at radius 3 is 2.77 bits per heavy atom. The summed E-state index contributed by atoms with van der Waals surface area (Å²) in [5, 5.41) is 32.0. The lowest BCUT2D eigenvalue weighted by atomic mass is 10.0. The number of aliphatic hydroxyl groups is 2. The SMILES string of the molecule is NCCC[C@@H](COC(N)=O)NC(=O)CN[C@H](O)CCCC[C@@H]1SC[C@@H]2N[C@H](O)N[C@@H]21. The van der Waals surface area contributed by atoms with Crippen LogP contribution in [0.5, 0.6) is 0 Å². The number of carbonyl (C=O) groups excluding carboxylic acids is 2. The van der Waals surface area contributed by atoms with Crippen LogP contribution in [-0.4, -0.2) is 83.6 Å². The fraction of sp³-hybridized carbons (Fsp3) is 0.889. The molecule has 2 heterocycles. The zero-order valence-corrected chi connectivity index (χ0v) is 18.0. The van der Waals surface area contributed by atoms with Gasteiger partial charge in [0, 0.05) is 23.1 Å². The minimum atomic E-state index is -0.891. The van der Waals surface area contributed by atoms with E-state index in [1.54, 1.807) is 0 Å². The van der Waals surface area contributed by atoms with Crippen LogP contribution < -0.4 is 32.7 Å². The number of nitrogens with one attached hydrogen (secondary N) is 4. The monoisotopic (exact) mass is 448 g/mol. The maximum absolute atomic E-state index is 12.1. The van der Waals surface area contributed by atoms with Gasteiger partial charge in [0.2, 0.25) is 5.91 Å². The predicted molar refractivity (Wildman–Crippen MR) is 114 cm³/mol. The van der Waals surface area contributed by atoms with Gasteiger partial charge in [0.05, 0.1) is 12.6 Å². The molecule has 0 unspecified atom stereocenters. The molecule has 0 aromatic rings. The van der Waals surface area contributed by atoms with Crippen LogP contribution in [0.25, 0.3) is 0 Å². The summed E-state index contributed by atoms with van der Waals surface area (Å²) in [7, 11) is 0. The maximum atomic E-state index is 12.1. The summed E-state index contributed by atoms with van der Waals surface area (Å²) < 4.78 is 4.76. The van der Waals surface area contributed by atoms with Crippen LogP contribution in [0.3, 0.4) is 0 Å². The average Bonchev–Trinajstić information content (AvgIpc) is 3.25. The van der Waals surface area contributed by atoms with E-state index < -0.39 is 18.7 Å². The highest BCUT2D eigenvalue weighted by atomic mass is 32.2. The molecule has 0 aliphatic carbocycles. The molecule has 174 valence electrons. The van der Waals surface area contributed by atoms with Crippen LogP contribution in [-0.2, 0) is 9.53 Å². The third kappa shape index (κ3) is 8.92. The van der Waals surface area contributed by atoms with E-state index in [-0.39, 0.29) is 25.1 Å². The molecule has 0 saturated carbocycles. The van der Waals surface area contributed by atoms with Crippen LogP contribution in [0.2, 0.25) is 0 Å². The van der Waals surface area contributed by atoms with Gasteiger partial charge < -0.3 is 31.7 Å². The number of aliphatic hydroxyl groups excluding tert-OH is 2. The highest BCUT2D eigenvalue weighted by molar-refractivity contribution is 8.00. The zero-order valence-electron chi connectivity index (χ0n) is 17.2. The number of thioether (sulfide) groups is 1. The molecule has 2 rings (SSSR count). The molecule has 10 N–H and O–H groups in total. The fourth-order valence-electron chi connectivity index (χ4n) is 3.78. The van der Waals surface area contributed by atoms with Gasteiger partial charge in [0.15, 0.2) is 6.35 Å². The molecule has 0 spiro atoms. The number of fused-ring (bicyclic) bond motifs is 1. The summed E-state index contributed by atoms with van der Waals surface area (Å²) in [6, 6.07) is 0.253. The number of carbonyl (C=O) groups is 2.